The summed E-state index contributed by atoms with van der Waals surface area (Å²) in [6.07, 6.45) is 20.8. The molecule has 0 aromatic heterocycles. The standard InChI is InChI=1S/C62H119NO18/c1-3-5-7-8-9-10-11-12-13-14-15-16-17-18-19-20-21-22-23-24-25-26-27-28-29-30-31-32-33-34-35-36-38-40-50(68)63-45(46(67)39-37-6-4-2)44-76-60-56(74)53(71)58(48(42-65)78-60)81-62-57(75)54(72)59(49(43-66)79-62)80-61-55(73)52(70)51(69)47(41-64)77-61/h45-49,51-62,64-67,69-75H,3-44H2,1-2H3,(H,63,68). The van der Waals surface area contributed by atoms with Crippen molar-refractivity contribution in [1.29, 1.82) is 0 Å². The van der Waals surface area contributed by atoms with Crippen molar-refractivity contribution in [3.63, 3.8) is 0 Å². The highest BCUT2D eigenvalue weighted by Crippen LogP contribution is 2.33. The van der Waals surface area contributed by atoms with Crippen molar-refractivity contribution >= 4 is 5.91 Å². The van der Waals surface area contributed by atoms with Crippen LogP contribution in [0, 0.1) is 0 Å². The highest BCUT2D eigenvalue weighted by Gasteiger charge is 2.53. The Kier molecular flexibility index (Phi) is 42.1. The fourth-order valence-electron chi connectivity index (χ4n) is 11.6. The molecule has 0 radical (unpaired) electrons. The number of rotatable bonds is 50. The molecule has 0 aromatic rings. The third-order valence-corrected chi connectivity index (χ3v) is 16.9. The van der Waals surface area contributed by atoms with E-state index in [1.54, 1.807) is 0 Å². The summed E-state index contributed by atoms with van der Waals surface area (Å²) < 4.78 is 34.1. The fraction of sp³-hybridized carbons (Fsp3) is 0.984. The Labute approximate surface area is 487 Å². The van der Waals surface area contributed by atoms with E-state index in [0.717, 1.165) is 32.1 Å². The Morgan fingerprint density at radius 3 is 1.07 bits per heavy atom. The second-order valence-corrected chi connectivity index (χ2v) is 23.9. The summed E-state index contributed by atoms with van der Waals surface area (Å²) in [4.78, 5) is 13.2. The lowest BCUT2D eigenvalue weighted by Crippen LogP contribution is -2.66. The second-order valence-electron chi connectivity index (χ2n) is 23.9. The molecule has 3 heterocycles. The molecule has 81 heavy (non-hydrogen) atoms. The highest BCUT2D eigenvalue weighted by molar-refractivity contribution is 5.76. The van der Waals surface area contributed by atoms with Gasteiger partial charge in [0.05, 0.1) is 38.6 Å². The Morgan fingerprint density at radius 1 is 0.395 bits per heavy atom. The molecular weight excluding hydrogens is 1050 g/mol. The van der Waals surface area contributed by atoms with Crippen LogP contribution in [-0.2, 0) is 33.2 Å². The van der Waals surface area contributed by atoms with Gasteiger partial charge in [0.1, 0.15) is 73.2 Å². The summed E-state index contributed by atoms with van der Waals surface area (Å²) in [5, 5.41) is 119. The van der Waals surface area contributed by atoms with E-state index in [1.165, 1.54) is 186 Å². The Bertz CT molecular complexity index is 1490. The van der Waals surface area contributed by atoms with Crippen molar-refractivity contribution in [1.82, 2.24) is 5.32 Å². The average molecular weight is 1170 g/mol. The summed E-state index contributed by atoms with van der Waals surface area (Å²) in [6.45, 7) is 1.63. The van der Waals surface area contributed by atoms with Gasteiger partial charge in [0.2, 0.25) is 5.91 Å². The van der Waals surface area contributed by atoms with Gasteiger partial charge in [-0.05, 0) is 12.8 Å². The van der Waals surface area contributed by atoms with Crippen LogP contribution in [0.15, 0.2) is 0 Å². The van der Waals surface area contributed by atoms with Crippen molar-refractivity contribution in [2.24, 2.45) is 0 Å². The summed E-state index contributed by atoms with van der Waals surface area (Å²) in [6, 6.07) is -0.877. The molecule has 0 spiro atoms. The van der Waals surface area contributed by atoms with Gasteiger partial charge in [-0.1, -0.05) is 239 Å². The van der Waals surface area contributed by atoms with Gasteiger partial charge in [0, 0.05) is 6.42 Å². The zero-order chi connectivity index (χ0) is 59.0. The number of carbonyl (C=O) groups is 1. The molecule has 3 aliphatic heterocycles. The van der Waals surface area contributed by atoms with Crippen molar-refractivity contribution in [2.75, 3.05) is 26.4 Å². The van der Waals surface area contributed by atoms with E-state index in [2.05, 4.69) is 12.2 Å². The van der Waals surface area contributed by atoms with Gasteiger partial charge < -0.3 is 89.9 Å². The zero-order valence-corrected chi connectivity index (χ0v) is 50.3. The van der Waals surface area contributed by atoms with Crippen LogP contribution in [0.1, 0.15) is 258 Å². The molecule has 17 atom stereocenters. The highest BCUT2D eigenvalue weighted by atomic mass is 16.8. The molecule has 19 heteroatoms. The number of hydrogen-bond donors (Lipinski definition) is 12. The minimum absolute atomic E-state index is 0.249. The topological polar surface area (TPSA) is 307 Å². The quantitative estimate of drug-likeness (QED) is 0.0269. The lowest BCUT2D eigenvalue weighted by atomic mass is 9.96. The van der Waals surface area contributed by atoms with Gasteiger partial charge in [-0.3, -0.25) is 4.79 Å². The number of hydrogen-bond acceptors (Lipinski definition) is 18. The van der Waals surface area contributed by atoms with E-state index in [0.29, 0.717) is 19.3 Å². The first kappa shape index (κ1) is 74.0. The number of aliphatic hydroxyl groups is 11. The van der Waals surface area contributed by atoms with Crippen molar-refractivity contribution in [3.05, 3.63) is 0 Å². The third kappa shape index (κ3) is 29.4. The SMILES string of the molecule is CCCCCCCCCCCCCCCCCCCCCCCCCCCCCCCCCCCC(=O)NC(COC1OC(CO)C(OC2OC(CO)C(OC3OC(CO)C(O)C(O)C3O)C(O)C2O)C(O)C1O)C(O)CCCCC. The van der Waals surface area contributed by atoms with Gasteiger partial charge in [-0.25, -0.2) is 0 Å². The number of amides is 1. The van der Waals surface area contributed by atoms with Crippen LogP contribution in [0.2, 0.25) is 0 Å². The minimum atomic E-state index is -1.97. The second kappa shape index (κ2) is 46.0. The predicted molar refractivity (Wildman–Crippen MR) is 310 cm³/mol. The third-order valence-electron chi connectivity index (χ3n) is 16.9. The predicted octanol–water partition coefficient (Wildman–Crippen LogP) is 7.16. The molecule has 3 fully saturated rings. The maximum Gasteiger partial charge on any atom is 0.220 e. The first-order valence-corrected chi connectivity index (χ1v) is 32.8. The van der Waals surface area contributed by atoms with E-state index in [1.807, 2.05) is 6.92 Å². The molecule has 0 saturated carbocycles. The molecule has 17 unspecified atom stereocenters. The van der Waals surface area contributed by atoms with Crippen LogP contribution in [0.25, 0.3) is 0 Å². The molecule has 3 rings (SSSR count). The van der Waals surface area contributed by atoms with E-state index in [9.17, 15) is 61.0 Å². The monoisotopic (exact) mass is 1170 g/mol. The number of carbonyl (C=O) groups excluding carboxylic acids is 1. The molecule has 12 N–H and O–H groups in total. The Morgan fingerprint density at radius 2 is 0.704 bits per heavy atom. The summed E-state index contributed by atoms with van der Waals surface area (Å²) >= 11 is 0. The molecule has 0 aromatic carbocycles. The summed E-state index contributed by atoms with van der Waals surface area (Å²) in [7, 11) is 0. The van der Waals surface area contributed by atoms with Crippen LogP contribution >= 0.6 is 0 Å². The maximum absolute atomic E-state index is 13.2. The summed E-state index contributed by atoms with van der Waals surface area (Å²) in [5.41, 5.74) is 0. The molecule has 3 saturated heterocycles. The maximum atomic E-state index is 13.2. The minimum Gasteiger partial charge on any atom is -0.394 e. The Hall–Kier alpha value is -1.21. The fourth-order valence-corrected chi connectivity index (χ4v) is 11.6. The van der Waals surface area contributed by atoms with E-state index in [4.69, 9.17) is 28.4 Å². The normalized spacial score (nSPS) is 29.7. The molecule has 480 valence electrons. The summed E-state index contributed by atoms with van der Waals surface area (Å²) in [5.74, 6) is -0.249. The first-order valence-electron chi connectivity index (χ1n) is 32.8. The van der Waals surface area contributed by atoms with Crippen LogP contribution in [0.5, 0.6) is 0 Å². The van der Waals surface area contributed by atoms with Crippen molar-refractivity contribution < 1.29 is 89.4 Å². The van der Waals surface area contributed by atoms with Crippen LogP contribution < -0.4 is 5.32 Å². The van der Waals surface area contributed by atoms with Crippen LogP contribution in [-0.4, -0.2) is 193 Å². The number of nitrogens with one attached hydrogen (secondary N) is 1. The van der Waals surface area contributed by atoms with Crippen LogP contribution in [0.3, 0.4) is 0 Å². The first-order chi connectivity index (χ1) is 39.3. The van der Waals surface area contributed by atoms with Crippen LogP contribution in [0.4, 0.5) is 0 Å². The van der Waals surface area contributed by atoms with E-state index >= 15 is 0 Å². The number of ether oxygens (including phenoxy) is 6. The molecule has 0 bridgehead atoms. The molecule has 0 aliphatic carbocycles. The van der Waals surface area contributed by atoms with E-state index in [-0.39, 0.29) is 18.9 Å². The van der Waals surface area contributed by atoms with Gasteiger partial charge in [0.25, 0.3) is 0 Å². The number of aliphatic hydroxyl groups excluding tert-OH is 11. The van der Waals surface area contributed by atoms with Crippen molar-refractivity contribution in [2.45, 2.75) is 362 Å². The van der Waals surface area contributed by atoms with Gasteiger partial charge >= 0.3 is 0 Å². The van der Waals surface area contributed by atoms with E-state index < -0.39 is 124 Å². The zero-order valence-electron chi connectivity index (χ0n) is 50.3. The molecular formula is C62H119NO18. The lowest BCUT2D eigenvalue weighted by molar-refractivity contribution is -0.379. The largest absolute Gasteiger partial charge is 0.394 e. The molecule has 19 nitrogen and oxygen atoms in total. The Balaban J connectivity index is 1.23. The average Bonchev–Trinajstić information content (AvgIpc) is 3.55. The smallest absolute Gasteiger partial charge is 0.220 e. The molecule has 1 amide bonds. The lowest BCUT2D eigenvalue weighted by Gasteiger charge is -2.48. The van der Waals surface area contributed by atoms with Gasteiger partial charge in [-0.2, -0.15) is 0 Å². The van der Waals surface area contributed by atoms with Crippen molar-refractivity contribution in [3.8, 4) is 0 Å². The number of unbranched alkanes of at least 4 members (excludes halogenated alkanes) is 34. The molecule has 3 aliphatic rings. The van der Waals surface area contributed by atoms with Gasteiger partial charge in [-0.15, -0.1) is 0 Å². The van der Waals surface area contributed by atoms with Gasteiger partial charge in [0.15, 0.2) is 18.9 Å².